The highest BCUT2D eigenvalue weighted by Crippen LogP contribution is 2.18. The Balaban J connectivity index is 2.06. The van der Waals surface area contributed by atoms with E-state index in [1.807, 2.05) is 0 Å². The van der Waals surface area contributed by atoms with E-state index in [0.29, 0.717) is 15.9 Å². The summed E-state index contributed by atoms with van der Waals surface area (Å²) in [5.41, 5.74) is 0.760. The molecule has 0 fully saturated rings. The van der Waals surface area contributed by atoms with Gasteiger partial charge in [-0.15, -0.1) is 0 Å². The van der Waals surface area contributed by atoms with Crippen molar-refractivity contribution in [1.29, 1.82) is 0 Å². The Morgan fingerprint density at radius 1 is 1.56 bits per heavy atom. The fraction of sp³-hybridized carbons (Fsp3) is 0.100. The van der Waals surface area contributed by atoms with Gasteiger partial charge in [0.15, 0.2) is 4.67 Å². The molecule has 0 saturated carbocycles. The van der Waals surface area contributed by atoms with Gasteiger partial charge in [0.05, 0.1) is 23.7 Å². The van der Waals surface area contributed by atoms with Crippen molar-refractivity contribution < 1.29 is 19.1 Å². The van der Waals surface area contributed by atoms with E-state index in [2.05, 4.69) is 26.3 Å². The average molecular weight is 314 g/mol. The van der Waals surface area contributed by atoms with E-state index in [1.165, 1.54) is 29.4 Å². The van der Waals surface area contributed by atoms with Gasteiger partial charge in [0.1, 0.15) is 6.54 Å². The van der Waals surface area contributed by atoms with E-state index in [9.17, 15) is 9.59 Å². The molecule has 2 aromatic heterocycles. The lowest BCUT2D eigenvalue weighted by molar-refractivity contribution is -0.137. The quantitative estimate of drug-likeness (QED) is 0.893. The van der Waals surface area contributed by atoms with Crippen LogP contribution in [0.15, 0.2) is 33.8 Å². The summed E-state index contributed by atoms with van der Waals surface area (Å²) >= 11 is 3.09. The molecule has 0 aromatic carbocycles. The van der Waals surface area contributed by atoms with E-state index in [0.717, 1.165) is 0 Å². The second-order valence-corrected chi connectivity index (χ2v) is 4.10. The Hall–Kier alpha value is -2.09. The molecule has 0 atom stereocenters. The van der Waals surface area contributed by atoms with Crippen molar-refractivity contribution >= 4 is 33.5 Å². The fourth-order valence-corrected chi connectivity index (χ4v) is 1.73. The molecule has 18 heavy (non-hydrogen) atoms. The molecule has 1 amide bonds. The topological polar surface area (TPSA) is 97.4 Å². The molecule has 2 heterocycles. The van der Waals surface area contributed by atoms with E-state index in [-0.39, 0.29) is 12.5 Å². The average Bonchev–Trinajstić information content (AvgIpc) is 2.87. The molecule has 8 heteroatoms. The number of carboxylic acid groups (broad SMARTS) is 1. The molecular weight excluding hydrogens is 306 g/mol. The highest BCUT2D eigenvalue weighted by atomic mass is 79.9. The molecule has 0 unspecified atom stereocenters. The SMILES string of the molecule is O=C(O)Cn1cc(NC(=O)c2ccoc2Br)cn1. The number of halogens is 1. The lowest BCUT2D eigenvalue weighted by Gasteiger charge is -1.99. The minimum atomic E-state index is -1.01. The maximum atomic E-state index is 11.8. The smallest absolute Gasteiger partial charge is 0.325 e. The summed E-state index contributed by atoms with van der Waals surface area (Å²) in [6.07, 6.45) is 4.18. The number of carboxylic acids is 1. The largest absolute Gasteiger partial charge is 0.480 e. The third-order valence-corrected chi connectivity index (χ3v) is 2.67. The van der Waals surface area contributed by atoms with Crippen molar-refractivity contribution in [3.05, 3.63) is 35.0 Å². The molecule has 0 saturated heterocycles. The summed E-state index contributed by atoms with van der Waals surface area (Å²) in [6.45, 7) is -0.259. The number of rotatable bonds is 4. The fourth-order valence-electron chi connectivity index (χ4n) is 1.31. The molecule has 0 aliphatic heterocycles. The summed E-state index contributed by atoms with van der Waals surface area (Å²) in [4.78, 5) is 22.2. The first-order chi connectivity index (χ1) is 8.56. The number of nitrogens with zero attached hydrogens (tertiary/aromatic N) is 2. The number of aliphatic carboxylic acids is 1. The number of carbonyl (C=O) groups excluding carboxylic acids is 1. The Bertz CT molecular complexity index is 589. The van der Waals surface area contributed by atoms with Gasteiger partial charge in [0.25, 0.3) is 5.91 Å². The van der Waals surface area contributed by atoms with Gasteiger partial charge in [-0.1, -0.05) is 0 Å². The van der Waals surface area contributed by atoms with Crippen LogP contribution in [-0.2, 0) is 11.3 Å². The molecule has 0 aliphatic carbocycles. The number of amides is 1. The second kappa shape index (κ2) is 5.05. The van der Waals surface area contributed by atoms with Gasteiger partial charge in [-0.2, -0.15) is 5.10 Å². The van der Waals surface area contributed by atoms with Crippen LogP contribution in [0.25, 0.3) is 0 Å². The molecule has 2 aromatic rings. The monoisotopic (exact) mass is 313 g/mol. The molecule has 0 radical (unpaired) electrons. The zero-order chi connectivity index (χ0) is 13.1. The van der Waals surface area contributed by atoms with Gasteiger partial charge >= 0.3 is 5.97 Å². The molecule has 0 aliphatic rings. The molecule has 2 N–H and O–H groups in total. The second-order valence-electron chi connectivity index (χ2n) is 3.38. The summed E-state index contributed by atoms with van der Waals surface area (Å²) in [5.74, 6) is -1.38. The van der Waals surface area contributed by atoms with Crippen molar-refractivity contribution in [2.24, 2.45) is 0 Å². The van der Waals surface area contributed by atoms with Crippen molar-refractivity contribution in [3.8, 4) is 0 Å². The molecule has 2 rings (SSSR count). The predicted octanol–water partition coefficient (Wildman–Crippen LogP) is 1.58. The number of aromatic nitrogens is 2. The first-order valence-corrected chi connectivity index (χ1v) is 5.64. The molecule has 94 valence electrons. The van der Waals surface area contributed by atoms with Crippen LogP contribution in [0.5, 0.6) is 0 Å². The summed E-state index contributed by atoms with van der Waals surface area (Å²) in [6, 6.07) is 1.51. The van der Waals surface area contributed by atoms with Gasteiger partial charge in [-0.25, -0.2) is 0 Å². The Morgan fingerprint density at radius 3 is 2.94 bits per heavy atom. The number of anilines is 1. The third kappa shape index (κ3) is 2.77. The minimum absolute atomic E-state index is 0.259. The van der Waals surface area contributed by atoms with Crippen LogP contribution in [0.1, 0.15) is 10.4 Å². The Labute approximate surface area is 110 Å². The maximum absolute atomic E-state index is 11.8. The lowest BCUT2D eigenvalue weighted by atomic mass is 10.3. The van der Waals surface area contributed by atoms with E-state index >= 15 is 0 Å². The van der Waals surface area contributed by atoms with Crippen LogP contribution in [0, 0.1) is 0 Å². The minimum Gasteiger partial charge on any atom is -0.480 e. The molecule has 0 spiro atoms. The van der Waals surface area contributed by atoms with Gasteiger partial charge in [-0.05, 0) is 22.0 Å². The third-order valence-electron chi connectivity index (χ3n) is 2.05. The van der Waals surface area contributed by atoms with Crippen LogP contribution in [-0.4, -0.2) is 26.8 Å². The maximum Gasteiger partial charge on any atom is 0.325 e. The molecular formula is C10H8BrN3O4. The predicted molar refractivity (Wildman–Crippen MR) is 64.2 cm³/mol. The Morgan fingerprint density at radius 2 is 2.33 bits per heavy atom. The normalized spacial score (nSPS) is 10.3. The van der Waals surface area contributed by atoms with Crippen LogP contribution < -0.4 is 5.32 Å². The summed E-state index contributed by atoms with van der Waals surface area (Å²) in [5, 5.41) is 15.0. The van der Waals surface area contributed by atoms with Crippen molar-refractivity contribution in [3.63, 3.8) is 0 Å². The highest BCUT2D eigenvalue weighted by Gasteiger charge is 2.13. The molecule has 0 bridgehead atoms. The van der Waals surface area contributed by atoms with Crippen LogP contribution in [0.4, 0.5) is 5.69 Å². The van der Waals surface area contributed by atoms with Gasteiger partial charge in [0, 0.05) is 6.20 Å². The van der Waals surface area contributed by atoms with Crippen molar-refractivity contribution in [2.75, 3.05) is 5.32 Å². The van der Waals surface area contributed by atoms with E-state index in [1.54, 1.807) is 0 Å². The van der Waals surface area contributed by atoms with Gasteiger partial charge in [-0.3, -0.25) is 14.3 Å². The number of carbonyl (C=O) groups is 2. The first-order valence-electron chi connectivity index (χ1n) is 4.85. The van der Waals surface area contributed by atoms with Crippen LogP contribution in [0.3, 0.4) is 0 Å². The lowest BCUT2D eigenvalue weighted by Crippen LogP contribution is -2.11. The number of furan rings is 1. The van der Waals surface area contributed by atoms with E-state index in [4.69, 9.17) is 9.52 Å². The zero-order valence-electron chi connectivity index (χ0n) is 8.96. The van der Waals surface area contributed by atoms with Gasteiger partial charge < -0.3 is 14.8 Å². The molecule has 7 nitrogen and oxygen atoms in total. The standard InChI is InChI=1S/C10H8BrN3O4/c11-9-7(1-2-18-9)10(17)13-6-3-12-14(4-6)5-8(15)16/h1-4H,5H2,(H,13,17)(H,15,16). The Kier molecular flexibility index (Phi) is 3.47. The highest BCUT2D eigenvalue weighted by molar-refractivity contribution is 9.10. The van der Waals surface area contributed by atoms with Crippen LogP contribution in [0.2, 0.25) is 0 Å². The number of hydrogen-bond acceptors (Lipinski definition) is 4. The summed E-state index contributed by atoms with van der Waals surface area (Å²) in [7, 11) is 0. The zero-order valence-corrected chi connectivity index (χ0v) is 10.5. The van der Waals surface area contributed by atoms with Crippen molar-refractivity contribution in [2.45, 2.75) is 6.54 Å². The van der Waals surface area contributed by atoms with Crippen molar-refractivity contribution in [1.82, 2.24) is 9.78 Å². The van der Waals surface area contributed by atoms with E-state index < -0.39 is 5.97 Å². The first kappa shape index (κ1) is 12.4. The number of nitrogens with one attached hydrogen (secondary N) is 1. The van der Waals surface area contributed by atoms with Crippen LogP contribution >= 0.6 is 15.9 Å². The van der Waals surface area contributed by atoms with Gasteiger partial charge in [0.2, 0.25) is 0 Å². The number of hydrogen-bond donors (Lipinski definition) is 2. The summed E-state index contributed by atoms with van der Waals surface area (Å²) < 4.78 is 6.48.